The van der Waals surface area contributed by atoms with Gasteiger partial charge >= 0.3 is 0 Å². The van der Waals surface area contributed by atoms with Crippen LogP contribution < -0.4 is 10.6 Å². The van der Waals surface area contributed by atoms with Gasteiger partial charge in [-0.05, 0) is 24.7 Å². The van der Waals surface area contributed by atoms with E-state index in [1.165, 1.54) is 12.8 Å². The van der Waals surface area contributed by atoms with Crippen molar-refractivity contribution in [1.29, 1.82) is 0 Å². The molecule has 0 unspecified atom stereocenters. The SMILES string of the molecule is CC(C)(C)c1cc(NC(=O)[C@@H]2CC3(CC3)CN2)no1. The summed E-state index contributed by atoms with van der Waals surface area (Å²) in [6, 6.07) is 1.72. The lowest BCUT2D eigenvalue weighted by atomic mass is 9.93. The molecule has 1 aliphatic heterocycles. The molecule has 1 aromatic heterocycles. The van der Waals surface area contributed by atoms with Crippen LogP contribution in [0.5, 0.6) is 0 Å². The van der Waals surface area contributed by atoms with Crippen LogP contribution in [0.4, 0.5) is 5.82 Å². The fourth-order valence-electron chi connectivity index (χ4n) is 2.56. The molecule has 1 saturated carbocycles. The topological polar surface area (TPSA) is 67.2 Å². The maximum atomic E-state index is 12.1. The molecule has 1 aliphatic carbocycles. The Morgan fingerprint density at radius 3 is 2.79 bits per heavy atom. The molecule has 104 valence electrons. The molecule has 5 heteroatoms. The van der Waals surface area contributed by atoms with Crippen molar-refractivity contribution in [1.82, 2.24) is 10.5 Å². The van der Waals surface area contributed by atoms with E-state index in [-0.39, 0.29) is 17.4 Å². The van der Waals surface area contributed by atoms with E-state index in [0.29, 0.717) is 11.2 Å². The molecule has 1 aromatic rings. The van der Waals surface area contributed by atoms with Gasteiger partial charge in [-0.3, -0.25) is 4.79 Å². The third-order valence-electron chi connectivity index (χ3n) is 4.13. The van der Waals surface area contributed by atoms with Gasteiger partial charge in [-0.2, -0.15) is 0 Å². The molecule has 2 heterocycles. The van der Waals surface area contributed by atoms with Crippen LogP contribution in [-0.4, -0.2) is 23.7 Å². The van der Waals surface area contributed by atoms with Crippen molar-refractivity contribution in [2.45, 2.75) is 51.5 Å². The number of amides is 1. The number of carbonyl (C=O) groups is 1. The fourth-order valence-corrected chi connectivity index (χ4v) is 2.56. The van der Waals surface area contributed by atoms with Gasteiger partial charge in [0.05, 0.1) is 6.04 Å². The number of nitrogens with one attached hydrogen (secondary N) is 2. The number of hydrogen-bond donors (Lipinski definition) is 2. The number of aromatic nitrogens is 1. The first-order valence-corrected chi connectivity index (χ1v) is 6.90. The first kappa shape index (κ1) is 12.7. The van der Waals surface area contributed by atoms with E-state index in [9.17, 15) is 4.79 Å². The highest BCUT2D eigenvalue weighted by molar-refractivity contribution is 5.94. The Bertz CT molecular complexity index is 497. The number of carbonyl (C=O) groups excluding carboxylic acids is 1. The Balaban J connectivity index is 1.62. The zero-order valence-corrected chi connectivity index (χ0v) is 11.7. The first-order valence-electron chi connectivity index (χ1n) is 6.90. The maximum Gasteiger partial charge on any atom is 0.242 e. The lowest BCUT2D eigenvalue weighted by molar-refractivity contribution is -0.117. The van der Waals surface area contributed by atoms with Gasteiger partial charge in [-0.15, -0.1) is 0 Å². The Labute approximate surface area is 113 Å². The van der Waals surface area contributed by atoms with Gasteiger partial charge in [-0.25, -0.2) is 0 Å². The lowest BCUT2D eigenvalue weighted by Gasteiger charge is -2.12. The van der Waals surface area contributed by atoms with Crippen LogP contribution in [0.2, 0.25) is 0 Å². The summed E-state index contributed by atoms with van der Waals surface area (Å²) in [5.41, 5.74) is 0.321. The van der Waals surface area contributed by atoms with Gasteiger partial charge in [0.2, 0.25) is 5.91 Å². The van der Waals surface area contributed by atoms with Crippen molar-refractivity contribution in [2.75, 3.05) is 11.9 Å². The third kappa shape index (κ3) is 2.52. The van der Waals surface area contributed by atoms with Crippen LogP contribution in [0.15, 0.2) is 10.6 Å². The second-order valence-corrected chi connectivity index (χ2v) is 6.95. The summed E-state index contributed by atoms with van der Waals surface area (Å²) < 4.78 is 5.26. The summed E-state index contributed by atoms with van der Waals surface area (Å²) in [6.07, 6.45) is 3.45. The summed E-state index contributed by atoms with van der Waals surface area (Å²) in [6.45, 7) is 7.12. The van der Waals surface area contributed by atoms with Crippen molar-refractivity contribution in [3.8, 4) is 0 Å². The molecule has 2 N–H and O–H groups in total. The summed E-state index contributed by atoms with van der Waals surface area (Å²) in [7, 11) is 0. The fraction of sp³-hybridized carbons (Fsp3) is 0.714. The number of rotatable bonds is 2. The molecule has 19 heavy (non-hydrogen) atoms. The average molecular weight is 263 g/mol. The predicted octanol–water partition coefficient (Wildman–Crippen LogP) is 2.05. The highest BCUT2D eigenvalue weighted by Crippen LogP contribution is 2.51. The quantitative estimate of drug-likeness (QED) is 0.857. The van der Waals surface area contributed by atoms with Crippen LogP contribution in [0.3, 0.4) is 0 Å². The largest absolute Gasteiger partial charge is 0.359 e. The van der Waals surface area contributed by atoms with E-state index in [0.717, 1.165) is 18.7 Å². The third-order valence-corrected chi connectivity index (χ3v) is 4.13. The predicted molar refractivity (Wildman–Crippen MR) is 71.9 cm³/mol. The number of nitrogens with zero attached hydrogens (tertiary/aromatic N) is 1. The molecule has 1 atom stereocenters. The Hall–Kier alpha value is -1.36. The second-order valence-electron chi connectivity index (χ2n) is 6.95. The van der Waals surface area contributed by atoms with Gasteiger partial charge in [0, 0.05) is 18.0 Å². The summed E-state index contributed by atoms with van der Waals surface area (Å²) in [4.78, 5) is 12.1. The summed E-state index contributed by atoms with van der Waals surface area (Å²) in [5, 5.41) is 10.0. The van der Waals surface area contributed by atoms with E-state index in [2.05, 4.69) is 36.6 Å². The van der Waals surface area contributed by atoms with E-state index >= 15 is 0 Å². The lowest BCUT2D eigenvalue weighted by Crippen LogP contribution is -2.35. The highest BCUT2D eigenvalue weighted by Gasteiger charge is 2.49. The number of anilines is 1. The van der Waals surface area contributed by atoms with Crippen LogP contribution >= 0.6 is 0 Å². The monoisotopic (exact) mass is 263 g/mol. The van der Waals surface area contributed by atoms with E-state index in [4.69, 9.17) is 4.52 Å². The minimum atomic E-state index is -0.0976. The van der Waals surface area contributed by atoms with Gasteiger partial charge < -0.3 is 15.2 Å². The maximum absolute atomic E-state index is 12.1. The van der Waals surface area contributed by atoms with E-state index in [1.807, 2.05) is 0 Å². The zero-order chi connectivity index (χ0) is 13.7. The van der Waals surface area contributed by atoms with E-state index in [1.54, 1.807) is 6.07 Å². The molecule has 5 nitrogen and oxygen atoms in total. The molecule has 0 radical (unpaired) electrons. The van der Waals surface area contributed by atoms with Gasteiger partial charge in [-0.1, -0.05) is 25.9 Å². The van der Waals surface area contributed by atoms with Crippen LogP contribution in [0.25, 0.3) is 0 Å². The molecule has 1 spiro atoms. The highest BCUT2D eigenvalue weighted by atomic mass is 16.5. The Kier molecular flexibility index (Phi) is 2.71. The van der Waals surface area contributed by atoms with Crippen LogP contribution in [0.1, 0.15) is 45.8 Å². The molecule has 1 amide bonds. The van der Waals surface area contributed by atoms with Crippen LogP contribution in [-0.2, 0) is 10.2 Å². The van der Waals surface area contributed by atoms with Gasteiger partial charge in [0.25, 0.3) is 0 Å². The average Bonchev–Trinajstić information content (AvgIpc) is 2.75. The van der Waals surface area contributed by atoms with Crippen molar-refractivity contribution < 1.29 is 9.32 Å². The van der Waals surface area contributed by atoms with Gasteiger partial charge in [0.1, 0.15) is 5.76 Å². The van der Waals surface area contributed by atoms with Crippen molar-refractivity contribution in [3.05, 3.63) is 11.8 Å². The minimum absolute atomic E-state index is 0.00228. The van der Waals surface area contributed by atoms with Crippen molar-refractivity contribution in [3.63, 3.8) is 0 Å². The molecule has 1 saturated heterocycles. The zero-order valence-electron chi connectivity index (χ0n) is 11.7. The molecule has 3 rings (SSSR count). The Morgan fingerprint density at radius 2 is 2.26 bits per heavy atom. The summed E-state index contributed by atoms with van der Waals surface area (Å²) >= 11 is 0. The van der Waals surface area contributed by atoms with Crippen molar-refractivity contribution in [2.24, 2.45) is 5.41 Å². The molecule has 0 aromatic carbocycles. The molecule has 2 fully saturated rings. The molecular formula is C14H21N3O2. The van der Waals surface area contributed by atoms with Crippen molar-refractivity contribution >= 4 is 11.7 Å². The molecular weight excluding hydrogens is 242 g/mol. The molecule has 2 aliphatic rings. The minimum Gasteiger partial charge on any atom is -0.359 e. The second kappa shape index (κ2) is 4.07. The molecule has 0 bridgehead atoms. The standard InChI is InChI=1S/C14H21N3O2/c1-13(2,3)10-6-11(17-19-10)16-12(18)9-7-14(4-5-14)8-15-9/h6,9,15H,4-5,7-8H2,1-3H3,(H,16,17,18)/t9-/m0/s1. The van der Waals surface area contributed by atoms with Crippen LogP contribution in [0, 0.1) is 5.41 Å². The Morgan fingerprint density at radius 1 is 1.53 bits per heavy atom. The summed E-state index contributed by atoms with van der Waals surface area (Å²) in [5.74, 6) is 1.28. The smallest absolute Gasteiger partial charge is 0.242 e. The first-order chi connectivity index (χ1) is 8.88. The van der Waals surface area contributed by atoms with E-state index < -0.39 is 0 Å². The normalized spacial score (nSPS) is 24.7. The van der Waals surface area contributed by atoms with Gasteiger partial charge in [0.15, 0.2) is 5.82 Å². The number of hydrogen-bond acceptors (Lipinski definition) is 4.